The Morgan fingerprint density at radius 3 is 2.84 bits per heavy atom. The number of pyridine rings is 1. The zero-order valence-corrected chi connectivity index (χ0v) is 12.5. The molecule has 1 aromatic heterocycles. The molecule has 0 saturated carbocycles. The maximum Gasteiger partial charge on any atom is 0.243 e. The molecule has 3 N–H and O–H groups in total. The number of rotatable bonds is 2. The van der Waals surface area contributed by atoms with Gasteiger partial charge in [-0.2, -0.15) is 0 Å². The van der Waals surface area contributed by atoms with Crippen molar-refractivity contribution >= 4 is 43.2 Å². The molecule has 19 heavy (non-hydrogen) atoms. The van der Waals surface area contributed by atoms with Crippen LogP contribution in [0.25, 0.3) is 0 Å². The molecule has 104 valence electrons. The maximum atomic E-state index is 12.0. The molecule has 1 atom stereocenters. The van der Waals surface area contributed by atoms with Crippen LogP contribution >= 0.6 is 15.9 Å². The molecule has 1 aliphatic heterocycles. The van der Waals surface area contributed by atoms with Gasteiger partial charge in [-0.25, -0.2) is 13.4 Å². The van der Waals surface area contributed by atoms with E-state index >= 15 is 0 Å². The number of hydrogen-bond donors (Lipinski definition) is 2. The van der Waals surface area contributed by atoms with Gasteiger partial charge in [-0.3, -0.25) is 4.79 Å². The molecular weight excluding hydrogens is 334 g/mol. The molecule has 0 bridgehead atoms. The van der Waals surface area contributed by atoms with E-state index in [4.69, 9.17) is 5.73 Å². The molecule has 0 radical (unpaired) electrons. The second-order valence-electron chi connectivity index (χ2n) is 4.44. The van der Waals surface area contributed by atoms with Gasteiger partial charge in [0.15, 0.2) is 9.84 Å². The SMILES string of the molecule is Nc1cnc(NC(=O)C2CCCCS2(=O)=O)c(Br)c1. The molecule has 1 aliphatic rings. The smallest absolute Gasteiger partial charge is 0.243 e. The first kappa shape index (κ1) is 14.3. The van der Waals surface area contributed by atoms with E-state index in [1.807, 2.05) is 0 Å². The minimum atomic E-state index is -3.34. The van der Waals surface area contributed by atoms with Crippen LogP contribution in [-0.4, -0.2) is 30.3 Å². The van der Waals surface area contributed by atoms with Gasteiger partial charge in [0.2, 0.25) is 5.91 Å². The summed E-state index contributed by atoms with van der Waals surface area (Å²) in [6.07, 6.45) is 3.13. The Morgan fingerprint density at radius 1 is 1.47 bits per heavy atom. The lowest BCUT2D eigenvalue weighted by Crippen LogP contribution is -2.39. The predicted octanol–water partition coefficient (Wildman–Crippen LogP) is 1.33. The van der Waals surface area contributed by atoms with Gasteiger partial charge < -0.3 is 11.1 Å². The van der Waals surface area contributed by atoms with Crippen molar-refractivity contribution in [1.82, 2.24) is 4.98 Å². The average molecular weight is 348 g/mol. The molecule has 1 amide bonds. The van der Waals surface area contributed by atoms with Gasteiger partial charge in [0.25, 0.3) is 0 Å². The number of nitrogen functional groups attached to an aromatic ring is 1. The molecule has 1 fully saturated rings. The Bertz CT molecular complexity index is 603. The molecule has 0 spiro atoms. The largest absolute Gasteiger partial charge is 0.397 e. The van der Waals surface area contributed by atoms with Crippen molar-refractivity contribution < 1.29 is 13.2 Å². The van der Waals surface area contributed by atoms with Crippen LogP contribution in [0.1, 0.15) is 19.3 Å². The highest BCUT2D eigenvalue weighted by Gasteiger charge is 2.35. The fourth-order valence-electron chi connectivity index (χ4n) is 1.99. The molecule has 6 nitrogen and oxygen atoms in total. The van der Waals surface area contributed by atoms with Crippen LogP contribution in [0.2, 0.25) is 0 Å². The van der Waals surface area contributed by atoms with Crippen molar-refractivity contribution in [2.45, 2.75) is 24.5 Å². The van der Waals surface area contributed by atoms with E-state index in [0.717, 1.165) is 6.42 Å². The highest BCUT2D eigenvalue weighted by atomic mass is 79.9. The molecule has 2 heterocycles. The van der Waals surface area contributed by atoms with Crippen molar-refractivity contribution in [2.75, 3.05) is 16.8 Å². The van der Waals surface area contributed by atoms with Crippen molar-refractivity contribution in [3.8, 4) is 0 Å². The van der Waals surface area contributed by atoms with Crippen molar-refractivity contribution in [3.63, 3.8) is 0 Å². The minimum absolute atomic E-state index is 0.0709. The number of anilines is 2. The number of nitrogens with zero attached hydrogens (tertiary/aromatic N) is 1. The van der Waals surface area contributed by atoms with E-state index in [9.17, 15) is 13.2 Å². The zero-order valence-electron chi connectivity index (χ0n) is 10.1. The highest BCUT2D eigenvalue weighted by Crippen LogP contribution is 2.24. The van der Waals surface area contributed by atoms with E-state index in [1.54, 1.807) is 6.07 Å². The third kappa shape index (κ3) is 3.24. The van der Waals surface area contributed by atoms with E-state index < -0.39 is 21.0 Å². The van der Waals surface area contributed by atoms with Crippen molar-refractivity contribution in [1.29, 1.82) is 0 Å². The number of nitrogens with one attached hydrogen (secondary N) is 1. The molecule has 1 unspecified atom stereocenters. The number of aromatic nitrogens is 1. The second-order valence-corrected chi connectivity index (χ2v) is 7.60. The zero-order chi connectivity index (χ0) is 14.0. The first-order valence-corrected chi connectivity index (χ1v) is 8.34. The lowest BCUT2D eigenvalue weighted by molar-refractivity contribution is -0.116. The summed E-state index contributed by atoms with van der Waals surface area (Å²) in [6, 6.07) is 1.60. The standard InChI is InChI=1S/C11H14BrN3O3S/c12-8-5-7(13)6-14-10(8)15-11(16)9-3-1-2-4-19(9,17)18/h5-6,9H,1-4,13H2,(H,14,15,16). The minimum Gasteiger partial charge on any atom is -0.397 e. The molecule has 0 aliphatic carbocycles. The quantitative estimate of drug-likeness (QED) is 0.840. The van der Waals surface area contributed by atoms with Crippen LogP contribution in [0.4, 0.5) is 11.5 Å². The van der Waals surface area contributed by atoms with Crippen molar-refractivity contribution in [3.05, 3.63) is 16.7 Å². The van der Waals surface area contributed by atoms with Gasteiger partial charge in [-0.15, -0.1) is 0 Å². The Kier molecular flexibility index (Phi) is 4.10. The summed E-state index contributed by atoms with van der Waals surface area (Å²) in [4.78, 5) is 16.0. The van der Waals surface area contributed by atoms with Crippen LogP contribution in [0.3, 0.4) is 0 Å². The monoisotopic (exact) mass is 347 g/mol. The van der Waals surface area contributed by atoms with Crippen LogP contribution in [-0.2, 0) is 14.6 Å². The van der Waals surface area contributed by atoms with E-state index in [-0.39, 0.29) is 11.6 Å². The summed E-state index contributed by atoms with van der Waals surface area (Å²) in [5, 5.41) is 1.55. The van der Waals surface area contributed by atoms with E-state index in [2.05, 4.69) is 26.2 Å². The lowest BCUT2D eigenvalue weighted by Gasteiger charge is -2.21. The van der Waals surface area contributed by atoms with Gasteiger partial charge >= 0.3 is 0 Å². The van der Waals surface area contributed by atoms with Gasteiger partial charge in [0.05, 0.1) is 22.1 Å². The summed E-state index contributed by atoms with van der Waals surface area (Å²) in [7, 11) is -3.34. The summed E-state index contributed by atoms with van der Waals surface area (Å²) in [5.41, 5.74) is 6.00. The third-order valence-electron chi connectivity index (χ3n) is 2.98. The Morgan fingerprint density at radius 2 is 2.21 bits per heavy atom. The molecule has 1 saturated heterocycles. The van der Waals surface area contributed by atoms with Crippen LogP contribution in [0.5, 0.6) is 0 Å². The fraction of sp³-hybridized carbons (Fsp3) is 0.455. The predicted molar refractivity (Wildman–Crippen MR) is 76.4 cm³/mol. The summed E-state index contributed by atoms with van der Waals surface area (Å²) < 4.78 is 24.2. The second kappa shape index (κ2) is 5.46. The Balaban J connectivity index is 2.17. The average Bonchev–Trinajstić information content (AvgIpc) is 2.32. The number of carbonyl (C=O) groups excluding carboxylic acids is 1. The number of halogens is 1. The van der Waals surface area contributed by atoms with Gasteiger partial charge in [-0.05, 0) is 34.8 Å². The van der Waals surface area contributed by atoms with E-state index in [1.165, 1.54) is 6.20 Å². The highest BCUT2D eigenvalue weighted by molar-refractivity contribution is 9.10. The topological polar surface area (TPSA) is 102 Å². The number of sulfone groups is 1. The molecule has 2 rings (SSSR count). The molecule has 0 aromatic carbocycles. The maximum absolute atomic E-state index is 12.0. The summed E-state index contributed by atoms with van der Waals surface area (Å²) in [5.74, 6) is -0.181. The normalized spacial score (nSPS) is 21.8. The number of carbonyl (C=O) groups is 1. The Labute approximate surface area is 119 Å². The fourth-order valence-corrected chi connectivity index (χ4v) is 4.26. The lowest BCUT2D eigenvalue weighted by atomic mass is 10.2. The van der Waals surface area contributed by atoms with Crippen LogP contribution < -0.4 is 11.1 Å². The molecule has 8 heteroatoms. The first-order valence-electron chi connectivity index (χ1n) is 5.83. The van der Waals surface area contributed by atoms with Crippen molar-refractivity contribution in [2.24, 2.45) is 0 Å². The molecular formula is C11H14BrN3O3S. The number of hydrogen-bond acceptors (Lipinski definition) is 5. The number of amides is 1. The molecule has 1 aromatic rings. The van der Waals surface area contributed by atoms with Gasteiger partial charge in [0, 0.05) is 0 Å². The summed E-state index contributed by atoms with van der Waals surface area (Å²) >= 11 is 3.22. The van der Waals surface area contributed by atoms with Gasteiger partial charge in [0.1, 0.15) is 11.1 Å². The van der Waals surface area contributed by atoms with E-state index in [0.29, 0.717) is 23.0 Å². The Hall–Kier alpha value is -1.15. The third-order valence-corrected chi connectivity index (χ3v) is 5.75. The van der Waals surface area contributed by atoms with Crippen LogP contribution in [0, 0.1) is 0 Å². The van der Waals surface area contributed by atoms with Gasteiger partial charge in [-0.1, -0.05) is 6.42 Å². The number of nitrogens with two attached hydrogens (primary N) is 1. The summed E-state index contributed by atoms with van der Waals surface area (Å²) in [6.45, 7) is 0. The van der Waals surface area contributed by atoms with Crippen LogP contribution in [0.15, 0.2) is 16.7 Å². The first-order chi connectivity index (χ1) is 8.90.